The summed E-state index contributed by atoms with van der Waals surface area (Å²) in [4.78, 5) is 24.1. The van der Waals surface area contributed by atoms with Gasteiger partial charge in [-0.2, -0.15) is 0 Å². The molecule has 0 bridgehead atoms. The van der Waals surface area contributed by atoms with Crippen molar-refractivity contribution in [2.75, 3.05) is 26.8 Å². The van der Waals surface area contributed by atoms with Crippen molar-refractivity contribution in [3.8, 4) is 0 Å². The number of amides is 1. The molecule has 3 unspecified atom stereocenters. The predicted molar refractivity (Wildman–Crippen MR) is 51.2 cm³/mol. The zero-order valence-electron chi connectivity index (χ0n) is 8.68. The SMILES string of the molecule is COCCCN1CC2C(C(=O)O)C2C1=O. The molecule has 84 valence electrons. The highest BCUT2D eigenvalue weighted by Crippen LogP contribution is 2.52. The molecule has 2 fully saturated rings. The molecule has 15 heavy (non-hydrogen) atoms. The van der Waals surface area contributed by atoms with Crippen LogP contribution in [0.3, 0.4) is 0 Å². The molecule has 1 saturated carbocycles. The number of aliphatic carboxylic acids is 1. The first-order valence-corrected chi connectivity index (χ1v) is 5.17. The summed E-state index contributed by atoms with van der Waals surface area (Å²) in [6.45, 7) is 1.94. The normalized spacial score (nSPS) is 33.0. The summed E-state index contributed by atoms with van der Waals surface area (Å²) < 4.78 is 4.90. The molecule has 5 heteroatoms. The van der Waals surface area contributed by atoms with Crippen LogP contribution in [0.4, 0.5) is 0 Å². The topological polar surface area (TPSA) is 66.8 Å². The average molecular weight is 213 g/mol. The van der Waals surface area contributed by atoms with Gasteiger partial charge in [0.2, 0.25) is 5.91 Å². The summed E-state index contributed by atoms with van der Waals surface area (Å²) in [5.74, 6) is -1.38. The van der Waals surface area contributed by atoms with Gasteiger partial charge in [-0.3, -0.25) is 9.59 Å². The van der Waals surface area contributed by atoms with Gasteiger partial charge in [0, 0.05) is 32.7 Å². The van der Waals surface area contributed by atoms with Crippen molar-refractivity contribution in [2.45, 2.75) is 6.42 Å². The number of rotatable bonds is 5. The van der Waals surface area contributed by atoms with Crippen LogP contribution in [0.2, 0.25) is 0 Å². The van der Waals surface area contributed by atoms with E-state index in [1.807, 2.05) is 0 Å². The number of methoxy groups -OCH3 is 1. The molecule has 1 saturated heterocycles. The third-order valence-corrected chi connectivity index (χ3v) is 3.26. The highest BCUT2D eigenvalue weighted by Gasteiger charge is 2.64. The molecular formula is C10H15NO4. The molecule has 0 aromatic carbocycles. The minimum atomic E-state index is -0.824. The van der Waals surface area contributed by atoms with Crippen LogP contribution in [0.1, 0.15) is 6.42 Å². The van der Waals surface area contributed by atoms with Crippen LogP contribution in [0.25, 0.3) is 0 Å². The standard InChI is InChI=1S/C10H15NO4/c1-15-4-2-3-11-5-6-7(9(11)12)8(6)10(13)14/h6-8H,2-5H2,1H3,(H,13,14). The first kappa shape index (κ1) is 10.4. The van der Waals surface area contributed by atoms with Gasteiger partial charge in [-0.25, -0.2) is 0 Å². The highest BCUT2D eigenvalue weighted by atomic mass is 16.5. The number of fused-ring (bicyclic) bond motifs is 1. The Hall–Kier alpha value is -1.10. The van der Waals surface area contributed by atoms with Gasteiger partial charge in [0.15, 0.2) is 0 Å². The Morgan fingerprint density at radius 3 is 2.87 bits per heavy atom. The van der Waals surface area contributed by atoms with Gasteiger partial charge < -0.3 is 14.7 Å². The third-order valence-electron chi connectivity index (χ3n) is 3.26. The molecule has 1 amide bonds. The lowest BCUT2D eigenvalue weighted by atomic mass is 10.2. The fraction of sp³-hybridized carbons (Fsp3) is 0.800. The smallest absolute Gasteiger partial charge is 0.307 e. The molecule has 1 heterocycles. The Morgan fingerprint density at radius 1 is 1.67 bits per heavy atom. The van der Waals surface area contributed by atoms with E-state index in [0.717, 1.165) is 6.42 Å². The van der Waals surface area contributed by atoms with Crippen molar-refractivity contribution in [3.63, 3.8) is 0 Å². The minimum Gasteiger partial charge on any atom is -0.481 e. The molecule has 0 aromatic heterocycles. The number of likely N-dealkylation sites (tertiary alicyclic amines) is 1. The van der Waals surface area contributed by atoms with Gasteiger partial charge in [-0.15, -0.1) is 0 Å². The van der Waals surface area contributed by atoms with Crippen LogP contribution in [-0.4, -0.2) is 48.7 Å². The average Bonchev–Trinajstić information content (AvgIpc) is 2.82. The van der Waals surface area contributed by atoms with E-state index < -0.39 is 11.9 Å². The summed E-state index contributed by atoms with van der Waals surface area (Å²) in [5, 5.41) is 8.79. The van der Waals surface area contributed by atoms with Gasteiger partial charge in [0.1, 0.15) is 0 Å². The quantitative estimate of drug-likeness (QED) is 0.643. The van der Waals surface area contributed by atoms with Crippen molar-refractivity contribution in [3.05, 3.63) is 0 Å². The van der Waals surface area contributed by atoms with E-state index in [1.54, 1.807) is 12.0 Å². The summed E-state index contributed by atoms with van der Waals surface area (Å²) in [6.07, 6.45) is 0.819. The van der Waals surface area contributed by atoms with Crippen molar-refractivity contribution < 1.29 is 19.4 Å². The van der Waals surface area contributed by atoms with Crippen molar-refractivity contribution in [1.82, 2.24) is 4.90 Å². The molecular weight excluding hydrogens is 198 g/mol. The fourth-order valence-electron chi connectivity index (χ4n) is 2.43. The maximum atomic E-state index is 11.7. The first-order chi connectivity index (χ1) is 7.16. The lowest BCUT2D eigenvalue weighted by Gasteiger charge is -2.18. The maximum Gasteiger partial charge on any atom is 0.307 e. The maximum absolute atomic E-state index is 11.7. The number of carboxylic acid groups (broad SMARTS) is 1. The van der Waals surface area contributed by atoms with E-state index in [-0.39, 0.29) is 17.7 Å². The number of carboxylic acids is 1. The molecule has 2 rings (SSSR count). The third kappa shape index (κ3) is 1.71. The summed E-state index contributed by atoms with van der Waals surface area (Å²) in [5.41, 5.74) is 0. The highest BCUT2D eigenvalue weighted by molar-refractivity contribution is 5.93. The molecule has 0 spiro atoms. The molecule has 1 aliphatic carbocycles. The molecule has 0 aromatic rings. The number of hydrogen-bond acceptors (Lipinski definition) is 3. The lowest BCUT2D eigenvalue weighted by molar-refractivity contribution is -0.142. The second-order valence-electron chi connectivity index (χ2n) is 4.18. The zero-order valence-corrected chi connectivity index (χ0v) is 8.68. The molecule has 1 aliphatic heterocycles. The van der Waals surface area contributed by atoms with Gasteiger partial charge in [-0.05, 0) is 6.42 Å². The van der Waals surface area contributed by atoms with Crippen LogP contribution in [0, 0.1) is 17.8 Å². The van der Waals surface area contributed by atoms with Gasteiger partial charge in [-0.1, -0.05) is 0 Å². The van der Waals surface area contributed by atoms with Gasteiger partial charge in [0.05, 0.1) is 11.8 Å². The number of carbonyl (C=O) groups excluding carboxylic acids is 1. The second kappa shape index (κ2) is 3.81. The van der Waals surface area contributed by atoms with E-state index in [2.05, 4.69) is 0 Å². The number of piperidine rings is 1. The number of nitrogens with zero attached hydrogens (tertiary/aromatic N) is 1. The molecule has 3 atom stereocenters. The Kier molecular flexibility index (Phi) is 2.65. The van der Waals surface area contributed by atoms with E-state index in [0.29, 0.717) is 19.7 Å². The van der Waals surface area contributed by atoms with Crippen molar-refractivity contribution in [1.29, 1.82) is 0 Å². The van der Waals surface area contributed by atoms with E-state index in [1.165, 1.54) is 0 Å². The predicted octanol–water partition coefficient (Wildman–Crippen LogP) is -0.188. The zero-order chi connectivity index (χ0) is 11.0. The van der Waals surface area contributed by atoms with E-state index in [9.17, 15) is 9.59 Å². The summed E-state index contributed by atoms with van der Waals surface area (Å²) in [6, 6.07) is 0. The van der Waals surface area contributed by atoms with Crippen molar-refractivity contribution >= 4 is 11.9 Å². The van der Waals surface area contributed by atoms with Crippen LogP contribution < -0.4 is 0 Å². The van der Waals surface area contributed by atoms with Gasteiger partial charge >= 0.3 is 5.97 Å². The summed E-state index contributed by atoms with van der Waals surface area (Å²) in [7, 11) is 1.63. The first-order valence-electron chi connectivity index (χ1n) is 5.17. The molecule has 0 radical (unpaired) electrons. The minimum absolute atomic E-state index is 0.0171. The molecule has 5 nitrogen and oxygen atoms in total. The van der Waals surface area contributed by atoms with Gasteiger partial charge in [0.25, 0.3) is 0 Å². The Balaban J connectivity index is 1.80. The Bertz CT molecular complexity index is 291. The number of hydrogen-bond donors (Lipinski definition) is 1. The second-order valence-corrected chi connectivity index (χ2v) is 4.18. The van der Waals surface area contributed by atoms with E-state index >= 15 is 0 Å². The Labute approximate surface area is 88.0 Å². The number of ether oxygens (including phenoxy) is 1. The number of carbonyl (C=O) groups is 2. The monoisotopic (exact) mass is 213 g/mol. The Morgan fingerprint density at radius 2 is 2.40 bits per heavy atom. The lowest BCUT2D eigenvalue weighted by Crippen LogP contribution is -2.32. The summed E-state index contributed by atoms with van der Waals surface area (Å²) >= 11 is 0. The molecule has 2 aliphatic rings. The van der Waals surface area contributed by atoms with Crippen LogP contribution in [0.15, 0.2) is 0 Å². The van der Waals surface area contributed by atoms with Crippen LogP contribution >= 0.6 is 0 Å². The molecule has 1 N–H and O–H groups in total. The van der Waals surface area contributed by atoms with Crippen molar-refractivity contribution in [2.24, 2.45) is 17.8 Å². The van der Waals surface area contributed by atoms with Crippen LogP contribution in [-0.2, 0) is 14.3 Å². The fourth-order valence-corrected chi connectivity index (χ4v) is 2.43. The van der Waals surface area contributed by atoms with E-state index in [4.69, 9.17) is 9.84 Å². The largest absolute Gasteiger partial charge is 0.481 e. The van der Waals surface area contributed by atoms with Crippen LogP contribution in [0.5, 0.6) is 0 Å².